The van der Waals surface area contributed by atoms with Crippen molar-refractivity contribution in [1.29, 1.82) is 0 Å². The number of carbonyl (C=O) groups excluding carboxylic acids is 2. The second kappa shape index (κ2) is 8.02. The molecule has 0 saturated carbocycles. The molecule has 0 unspecified atom stereocenters. The molecule has 0 aliphatic carbocycles. The van der Waals surface area contributed by atoms with Crippen molar-refractivity contribution in [1.82, 2.24) is 4.98 Å². The number of aryl methyl sites for hydroxylation is 2. The number of rotatable bonds is 5. The molecule has 2 rings (SSSR count). The number of nitro groups is 1. The second-order valence-electron chi connectivity index (χ2n) is 4.81. The predicted octanol–water partition coefficient (Wildman–Crippen LogP) is 3.99. The Balaban J connectivity index is 2.02. The molecule has 1 aromatic carbocycles. The minimum atomic E-state index is -0.625. The number of benzene rings is 1. The van der Waals surface area contributed by atoms with E-state index < -0.39 is 23.4 Å². The minimum Gasteiger partial charge on any atom is -0.451 e. The molecular weight excluding hydrogens is 482 g/mol. The van der Waals surface area contributed by atoms with Gasteiger partial charge >= 0.3 is 5.97 Å². The fraction of sp³-hybridized carbons (Fsp3) is 0.214. The number of carbonyl (C=O) groups is 2. The average molecular weight is 493 g/mol. The largest absolute Gasteiger partial charge is 0.451 e. The van der Waals surface area contributed by atoms with Crippen molar-refractivity contribution < 1.29 is 19.2 Å². The number of halogens is 2. The number of thiazole rings is 1. The first kappa shape index (κ1) is 19.5. The average Bonchev–Trinajstić information content (AvgIpc) is 2.86. The number of nitrogens with one attached hydrogen (secondary N) is 1. The number of nitro benzene ring substituents is 1. The highest BCUT2D eigenvalue weighted by molar-refractivity contribution is 9.11. The highest BCUT2D eigenvalue weighted by Gasteiger charge is 2.19. The first-order valence-corrected chi connectivity index (χ1v) is 9.13. The van der Waals surface area contributed by atoms with Crippen LogP contribution in [0.25, 0.3) is 0 Å². The first-order valence-electron chi connectivity index (χ1n) is 6.73. The maximum atomic E-state index is 12.0. The Bertz CT molecular complexity index is 845. The van der Waals surface area contributed by atoms with Crippen LogP contribution in [0, 0.1) is 24.0 Å². The first-order chi connectivity index (χ1) is 11.7. The van der Waals surface area contributed by atoms with Crippen LogP contribution in [-0.2, 0) is 9.53 Å². The number of hydrogen-bond donors (Lipinski definition) is 1. The number of anilines is 1. The maximum Gasteiger partial charge on any atom is 0.350 e. The van der Waals surface area contributed by atoms with Crippen molar-refractivity contribution in [2.24, 2.45) is 0 Å². The van der Waals surface area contributed by atoms with Crippen LogP contribution in [0.5, 0.6) is 0 Å². The van der Waals surface area contributed by atoms with Gasteiger partial charge in [0, 0.05) is 21.1 Å². The van der Waals surface area contributed by atoms with E-state index in [0.717, 1.165) is 5.01 Å². The lowest BCUT2D eigenvalue weighted by molar-refractivity contribution is -0.385. The van der Waals surface area contributed by atoms with E-state index in [-0.39, 0.29) is 5.69 Å². The van der Waals surface area contributed by atoms with Crippen molar-refractivity contribution in [2.75, 3.05) is 11.9 Å². The Morgan fingerprint density at radius 3 is 2.40 bits per heavy atom. The molecule has 0 spiro atoms. The van der Waals surface area contributed by atoms with E-state index in [1.165, 1.54) is 23.5 Å². The second-order valence-corrected chi connectivity index (χ2v) is 7.73. The van der Waals surface area contributed by atoms with Crippen molar-refractivity contribution in [2.45, 2.75) is 13.8 Å². The molecule has 0 fully saturated rings. The molecular formula is C14H11Br2N3O5S. The molecule has 11 heteroatoms. The number of ether oxygens (including phenoxy) is 1. The van der Waals surface area contributed by atoms with E-state index in [9.17, 15) is 19.7 Å². The lowest BCUT2D eigenvalue weighted by atomic mass is 10.3. The highest BCUT2D eigenvalue weighted by Crippen LogP contribution is 2.35. The van der Waals surface area contributed by atoms with E-state index in [2.05, 4.69) is 42.2 Å². The molecule has 0 aliphatic heterocycles. The van der Waals surface area contributed by atoms with E-state index in [1.807, 2.05) is 0 Å². The van der Waals surface area contributed by atoms with Crippen LogP contribution in [0.2, 0.25) is 0 Å². The topological polar surface area (TPSA) is 111 Å². The minimum absolute atomic E-state index is 0.140. The van der Waals surface area contributed by atoms with E-state index >= 15 is 0 Å². The van der Waals surface area contributed by atoms with Crippen LogP contribution < -0.4 is 5.32 Å². The number of hydrogen-bond acceptors (Lipinski definition) is 7. The molecule has 8 nitrogen and oxygen atoms in total. The molecule has 1 heterocycles. The van der Waals surface area contributed by atoms with Gasteiger partial charge in [0.1, 0.15) is 4.88 Å². The van der Waals surface area contributed by atoms with Gasteiger partial charge in [-0.25, -0.2) is 9.78 Å². The number of non-ortho nitro benzene ring substituents is 1. The van der Waals surface area contributed by atoms with Gasteiger partial charge in [-0.3, -0.25) is 14.9 Å². The molecule has 132 valence electrons. The van der Waals surface area contributed by atoms with Gasteiger partial charge in [-0.15, -0.1) is 11.3 Å². The molecule has 1 aromatic heterocycles. The van der Waals surface area contributed by atoms with E-state index in [0.29, 0.717) is 25.2 Å². The zero-order valence-electron chi connectivity index (χ0n) is 13.0. The number of aromatic nitrogens is 1. The summed E-state index contributed by atoms with van der Waals surface area (Å²) >= 11 is 7.51. The van der Waals surface area contributed by atoms with Crippen molar-refractivity contribution in [3.63, 3.8) is 0 Å². The van der Waals surface area contributed by atoms with Gasteiger partial charge < -0.3 is 10.1 Å². The number of nitrogens with zero attached hydrogens (tertiary/aromatic N) is 2. The molecule has 1 amide bonds. The Morgan fingerprint density at radius 2 is 1.92 bits per heavy atom. The van der Waals surface area contributed by atoms with Crippen molar-refractivity contribution in [3.05, 3.63) is 46.8 Å². The van der Waals surface area contributed by atoms with E-state index in [1.54, 1.807) is 13.8 Å². The number of esters is 1. The van der Waals surface area contributed by atoms with Crippen LogP contribution in [-0.4, -0.2) is 28.4 Å². The normalized spacial score (nSPS) is 10.4. The monoisotopic (exact) mass is 491 g/mol. The fourth-order valence-electron chi connectivity index (χ4n) is 1.88. The molecule has 1 N–H and O–H groups in total. The summed E-state index contributed by atoms with van der Waals surface area (Å²) in [7, 11) is 0. The van der Waals surface area contributed by atoms with E-state index in [4.69, 9.17) is 4.74 Å². The van der Waals surface area contributed by atoms with Crippen LogP contribution in [0.15, 0.2) is 21.1 Å². The van der Waals surface area contributed by atoms with Crippen LogP contribution in [0.3, 0.4) is 0 Å². The van der Waals surface area contributed by atoms with Crippen molar-refractivity contribution in [3.8, 4) is 0 Å². The summed E-state index contributed by atoms with van der Waals surface area (Å²) < 4.78 is 5.62. The molecule has 0 saturated heterocycles. The summed E-state index contributed by atoms with van der Waals surface area (Å²) in [6, 6.07) is 2.52. The van der Waals surface area contributed by atoms with Gasteiger partial charge in [0.15, 0.2) is 6.61 Å². The molecule has 0 atom stereocenters. The maximum absolute atomic E-state index is 12.0. The summed E-state index contributed by atoms with van der Waals surface area (Å²) in [6.45, 7) is 2.96. The molecule has 0 radical (unpaired) electrons. The third-order valence-corrected chi connectivity index (χ3v) is 5.23. The number of amides is 1. The van der Waals surface area contributed by atoms with Crippen molar-refractivity contribution >= 4 is 66.4 Å². The third kappa shape index (κ3) is 4.83. The summed E-state index contributed by atoms with van der Waals surface area (Å²) in [5.74, 6) is -1.21. The summed E-state index contributed by atoms with van der Waals surface area (Å²) in [4.78, 5) is 38.7. The zero-order chi connectivity index (χ0) is 18.7. The lowest BCUT2D eigenvalue weighted by Crippen LogP contribution is -2.21. The Labute approximate surface area is 163 Å². The van der Waals surface area contributed by atoms with Crippen LogP contribution >= 0.6 is 43.2 Å². The van der Waals surface area contributed by atoms with Gasteiger partial charge in [-0.05, 0) is 45.7 Å². The Kier molecular flexibility index (Phi) is 6.25. The smallest absolute Gasteiger partial charge is 0.350 e. The third-order valence-electron chi connectivity index (χ3n) is 2.93. The summed E-state index contributed by atoms with van der Waals surface area (Å²) in [6.07, 6.45) is 0. The summed E-state index contributed by atoms with van der Waals surface area (Å²) in [5, 5.41) is 14.1. The fourth-order valence-corrected chi connectivity index (χ4v) is 4.05. The van der Waals surface area contributed by atoms with Gasteiger partial charge in [0.25, 0.3) is 11.6 Å². The lowest BCUT2D eigenvalue weighted by Gasteiger charge is -2.10. The molecule has 0 aliphatic rings. The van der Waals surface area contributed by atoms with Gasteiger partial charge in [-0.1, -0.05) is 0 Å². The SMILES string of the molecule is Cc1nc(C)c(C(=O)OCC(=O)Nc2c(Br)cc([N+](=O)[O-])cc2Br)s1. The highest BCUT2D eigenvalue weighted by atomic mass is 79.9. The quantitative estimate of drug-likeness (QED) is 0.383. The molecule has 25 heavy (non-hydrogen) atoms. The predicted molar refractivity (Wildman–Crippen MR) is 99.0 cm³/mol. The van der Waals surface area contributed by atoms with Gasteiger partial charge in [-0.2, -0.15) is 0 Å². The van der Waals surface area contributed by atoms with Crippen LogP contribution in [0.4, 0.5) is 11.4 Å². The summed E-state index contributed by atoms with van der Waals surface area (Å²) in [5.41, 5.74) is 0.712. The molecule has 2 aromatic rings. The Hall–Kier alpha value is -1.85. The van der Waals surface area contributed by atoms with Gasteiger partial charge in [0.05, 0.1) is 21.3 Å². The standard InChI is InChI=1S/C14H11Br2N3O5S/c1-6-13(25-7(2)17-6)14(21)24-5-11(20)18-12-9(15)3-8(19(22)23)4-10(12)16/h3-4H,5H2,1-2H3,(H,18,20). The van der Waals surface area contributed by atoms with Gasteiger partial charge in [0.2, 0.25) is 0 Å². The zero-order valence-corrected chi connectivity index (χ0v) is 17.0. The molecule has 0 bridgehead atoms. The Morgan fingerprint density at radius 1 is 1.32 bits per heavy atom. The van der Waals surface area contributed by atoms with Crippen LogP contribution in [0.1, 0.15) is 20.4 Å².